The van der Waals surface area contributed by atoms with E-state index in [1.165, 1.54) is 41.3 Å². The van der Waals surface area contributed by atoms with Crippen LogP contribution in [0.4, 0.5) is 26.0 Å². The second-order valence-electron chi connectivity index (χ2n) is 7.95. The zero-order valence-electron chi connectivity index (χ0n) is 19.5. The first-order valence-electron chi connectivity index (χ1n) is 11.1. The average molecular weight is 534 g/mol. The van der Waals surface area contributed by atoms with Crippen molar-refractivity contribution in [3.8, 4) is 11.4 Å². The lowest BCUT2D eigenvalue weighted by atomic mass is 10.1. The Morgan fingerprint density at radius 3 is 2.68 bits per heavy atom. The minimum Gasteiger partial charge on any atom is -0.485 e. The summed E-state index contributed by atoms with van der Waals surface area (Å²) in [4.78, 5) is 20.7. The Bertz CT molecular complexity index is 1660. The molecule has 2 N–H and O–H groups in total. The molecular weight excluding hydrogens is 516 g/mol. The summed E-state index contributed by atoms with van der Waals surface area (Å²) >= 11 is 5.90. The highest BCUT2D eigenvalue weighted by Crippen LogP contribution is 2.34. The van der Waals surface area contributed by atoms with E-state index in [1.807, 2.05) is 0 Å². The third-order valence-corrected chi connectivity index (χ3v) is 5.66. The van der Waals surface area contributed by atoms with Crippen LogP contribution >= 0.6 is 11.6 Å². The van der Waals surface area contributed by atoms with E-state index < -0.39 is 11.7 Å². The van der Waals surface area contributed by atoms with Gasteiger partial charge in [-0.25, -0.2) is 23.4 Å². The average Bonchev–Trinajstić information content (AvgIpc) is 3.39. The Kier molecular flexibility index (Phi) is 6.92. The minimum absolute atomic E-state index is 0.0218. The molecule has 5 aromatic rings. The summed E-state index contributed by atoms with van der Waals surface area (Å²) in [5.74, 6) is -0.627. The number of fused-ring (bicyclic) bond motifs is 1. The lowest BCUT2D eigenvalue weighted by molar-refractivity contribution is -0.111. The molecule has 0 spiro atoms. The molecule has 0 aliphatic heterocycles. The van der Waals surface area contributed by atoms with E-state index in [1.54, 1.807) is 30.5 Å². The Labute approximate surface area is 219 Å². The van der Waals surface area contributed by atoms with Gasteiger partial charge in [-0.1, -0.05) is 23.4 Å². The van der Waals surface area contributed by atoms with Crippen LogP contribution < -0.4 is 15.4 Å². The van der Waals surface area contributed by atoms with Crippen molar-refractivity contribution in [1.29, 1.82) is 0 Å². The molecule has 0 saturated carbocycles. The van der Waals surface area contributed by atoms with E-state index in [-0.39, 0.29) is 17.4 Å². The standard InChI is InChI=1S/C26H18ClF2N7O2/c1-2-25(37)33-23-10-19-22(30-14-31-26(19)32-16-5-8-21(29)20(27)9-16)11-24(23)38-13-17-12-36(35-34-17)18-6-3-15(28)4-7-18/h2-12,14H,1,13H2,(H,33,37)(H,30,31,32). The third-order valence-electron chi connectivity index (χ3n) is 5.37. The summed E-state index contributed by atoms with van der Waals surface area (Å²) in [7, 11) is 0. The van der Waals surface area contributed by atoms with Crippen molar-refractivity contribution in [2.75, 3.05) is 10.6 Å². The molecule has 2 heterocycles. The Morgan fingerprint density at radius 1 is 1.11 bits per heavy atom. The zero-order chi connectivity index (χ0) is 26.6. The van der Waals surface area contributed by atoms with Gasteiger partial charge in [-0.15, -0.1) is 5.10 Å². The number of rotatable bonds is 8. The Hall–Kier alpha value is -4.90. The van der Waals surface area contributed by atoms with Gasteiger partial charge >= 0.3 is 0 Å². The highest BCUT2D eigenvalue weighted by Gasteiger charge is 2.14. The normalized spacial score (nSPS) is 10.8. The van der Waals surface area contributed by atoms with E-state index >= 15 is 0 Å². The number of nitrogens with zero attached hydrogens (tertiary/aromatic N) is 5. The summed E-state index contributed by atoms with van der Waals surface area (Å²) in [6.45, 7) is 3.51. The third kappa shape index (κ3) is 5.42. The quantitative estimate of drug-likeness (QED) is 0.250. The van der Waals surface area contributed by atoms with Crippen molar-refractivity contribution in [2.24, 2.45) is 0 Å². The highest BCUT2D eigenvalue weighted by atomic mass is 35.5. The molecule has 0 bridgehead atoms. The van der Waals surface area contributed by atoms with Crippen LogP contribution in [0.1, 0.15) is 5.69 Å². The lowest BCUT2D eigenvalue weighted by Crippen LogP contribution is -2.10. The van der Waals surface area contributed by atoms with Gasteiger partial charge in [0.2, 0.25) is 5.91 Å². The molecule has 0 aliphatic rings. The summed E-state index contributed by atoms with van der Waals surface area (Å²) in [5, 5.41) is 14.5. The van der Waals surface area contributed by atoms with Gasteiger partial charge in [-0.05, 0) is 54.6 Å². The summed E-state index contributed by atoms with van der Waals surface area (Å²) in [6, 6.07) is 13.3. The first-order valence-corrected chi connectivity index (χ1v) is 11.5. The monoisotopic (exact) mass is 533 g/mol. The number of carbonyl (C=O) groups is 1. The molecule has 0 fully saturated rings. The Morgan fingerprint density at radius 2 is 1.92 bits per heavy atom. The zero-order valence-corrected chi connectivity index (χ0v) is 20.3. The lowest BCUT2D eigenvalue weighted by Gasteiger charge is -2.14. The fraction of sp³-hybridized carbons (Fsp3) is 0.0385. The number of carbonyl (C=O) groups excluding carboxylic acids is 1. The maximum atomic E-state index is 13.6. The largest absolute Gasteiger partial charge is 0.485 e. The molecule has 0 radical (unpaired) electrons. The molecule has 0 saturated heterocycles. The van der Waals surface area contributed by atoms with Crippen LogP contribution in [0.5, 0.6) is 5.75 Å². The molecule has 190 valence electrons. The molecule has 12 heteroatoms. The Balaban J connectivity index is 1.44. The van der Waals surface area contributed by atoms with E-state index in [9.17, 15) is 13.6 Å². The van der Waals surface area contributed by atoms with Crippen LogP contribution in [0.15, 0.2) is 79.8 Å². The number of hydrogen-bond donors (Lipinski definition) is 2. The summed E-state index contributed by atoms with van der Waals surface area (Å²) in [5.41, 5.74) is 2.49. The van der Waals surface area contributed by atoms with Crippen LogP contribution in [0.2, 0.25) is 5.02 Å². The number of hydrogen-bond acceptors (Lipinski definition) is 7. The van der Waals surface area contributed by atoms with E-state index in [0.29, 0.717) is 45.2 Å². The van der Waals surface area contributed by atoms with E-state index in [2.05, 4.69) is 37.5 Å². The maximum absolute atomic E-state index is 13.6. The van der Waals surface area contributed by atoms with Gasteiger partial charge in [0.25, 0.3) is 0 Å². The molecule has 38 heavy (non-hydrogen) atoms. The fourth-order valence-electron chi connectivity index (χ4n) is 3.53. The van der Waals surface area contributed by atoms with Crippen molar-refractivity contribution in [2.45, 2.75) is 6.61 Å². The van der Waals surface area contributed by atoms with Crippen molar-refractivity contribution >= 4 is 45.6 Å². The van der Waals surface area contributed by atoms with Gasteiger partial charge in [-0.2, -0.15) is 0 Å². The van der Waals surface area contributed by atoms with Crippen LogP contribution in [-0.2, 0) is 11.4 Å². The number of aromatic nitrogens is 5. The van der Waals surface area contributed by atoms with Crippen LogP contribution in [0.3, 0.4) is 0 Å². The van der Waals surface area contributed by atoms with Gasteiger partial charge in [0.05, 0.1) is 28.1 Å². The van der Waals surface area contributed by atoms with Gasteiger partial charge < -0.3 is 15.4 Å². The number of anilines is 3. The van der Waals surface area contributed by atoms with Gasteiger partial charge in [0.15, 0.2) is 0 Å². The van der Waals surface area contributed by atoms with Crippen molar-refractivity contribution in [3.05, 3.63) is 102 Å². The SMILES string of the molecule is C=CC(=O)Nc1cc2c(Nc3ccc(F)c(Cl)c3)ncnc2cc1OCc1cn(-c2ccc(F)cc2)nn1. The topological polar surface area (TPSA) is 107 Å². The van der Waals surface area contributed by atoms with Crippen molar-refractivity contribution < 1.29 is 18.3 Å². The van der Waals surface area contributed by atoms with Crippen LogP contribution in [-0.4, -0.2) is 30.9 Å². The van der Waals surface area contributed by atoms with Crippen molar-refractivity contribution in [3.63, 3.8) is 0 Å². The van der Waals surface area contributed by atoms with E-state index in [0.717, 1.165) is 6.08 Å². The summed E-state index contributed by atoms with van der Waals surface area (Å²) < 4.78 is 34.2. The predicted molar refractivity (Wildman–Crippen MR) is 139 cm³/mol. The molecule has 1 amide bonds. The van der Waals surface area contributed by atoms with Crippen LogP contribution in [0.25, 0.3) is 16.6 Å². The first kappa shape index (κ1) is 24.8. The molecule has 5 rings (SSSR count). The first-order chi connectivity index (χ1) is 18.4. The van der Waals surface area contributed by atoms with Gasteiger partial charge in [0, 0.05) is 17.1 Å². The molecule has 0 aliphatic carbocycles. The molecule has 0 unspecified atom stereocenters. The van der Waals surface area contributed by atoms with Gasteiger partial charge in [0.1, 0.15) is 41.8 Å². The smallest absolute Gasteiger partial charge is 0.247 e. The predicted octanol–water partition coefficient (Wildman–Crippen LogP) is 5.59. The molecule has 2 aromatic heterocycles. The summed E-state index contributed by atoms with van der Waals surface area (Å²) in [6.07, 6.45) is 4.13. The molecule has 0 atom stereocenters. The number of nitrogens with one attached hydrogen (secondary N) is 2. The van der Waals surface area contributed by atoms with Crippen molar-refractivity contribution in [1.82, 2.24) is 25.0 Å². The number of ether oxygens (including phenoxy) is 1. The molecule has 9 nitrogen and oxygen atoms in total. The number of amides is 1. The second kappa shape index (κ2) is 10.6. The van der Waals surface area contributed by atoms with Crippen LogP contribution in [0, 0.1) is 11.6 Å². The fourth-order valence-corrected chi connectivity index (χ4v) is 3.71. The number of benzene rings is 3. The van der Waals surface area contributed by atoms with Gasteiger partial charge in [-0.3, -0.25) is 4.79 Å². The molecule has 3 aromatic carbocycles. The molecular formula is C26H18ClF2N7O2. The second-order valence-corrected chi connectivity index (χ2v) is 8.36. The number of halogens is 3. The maximum Gasteiger partial charge on any atom is 0.247 e. The highest BCUT2D eigenvalue weighted by molar-refractivity contribution is 6.31. The van der Waals surface area contributed by atoms with E-state index in [4.69, 9.17) is 16.3 Å². The minimum atomic E-state index is -0.543.